The number of carbonyl (C=O) groups excluding carboxylic acids is 1. The van der Waals surface area contributed by atoms with E-state index in [2.05, 4.69) is 17.4 Å². The number of rotatable bonds is 6. The summed E-state index contributed by atoms with van der Waals surface area (Å²) < 4.78 is 45.6. The van der Waals surface area contributed by atoms with Crippen LogP contribution in [0.2, 0.25) is 5.02 Å². The molecule has 0 aliphatic rings. The Morgan fingerprint density at radius 3 is 2.33 bits per heavy atom. The number of halogens is 4. The first-order valence-corrected chi connectivity index (χ1v) is 10.5. The van der Waals surface area contributed by atoms with E-state index < -0.39 is 17.6 Å². The summed E-state index contributed by atoms with van der Waals surface area (Å²) in [4.78, 5) is 12.7. The standard InChI is InChI=1S/C25H23ClF3NO3/c1-14-10-15(2)19(16(3)11-14)8-9-33-23-7-4-17(25(27,28)29)12-21(23)30-24(32)20-13-18(26)5-6-22(20)31/h4-7,10-13,31H,8-9H2,1-3H3,(H,30,32). The van der Waals surface area contributed by atoms with Crippen LogP contribution in [0.1, 0.15) is 38.2 Å². The summed E-state index contributed by atoms with van der Waals surface area (Å²) in [5, 5.41) is 12.5. The maximum Gasteiger partial charge on any atom is 0.416 e. The molecule has 0 unspecified atom stereocenters. The van der Waals surface area contributed by atoms with Crippen LogP contribution in [-0.2, 0) is 12.6 Å². The SMILES string of the molecule is Cc1cc(C)c(CCOc2ccc(C(F)(F)F)cc2NC(=O)c2cc(Cl)ccc2O)c(C)c1. The van der Waals surface area contributed by atoms with Gasteiger partial charge in [0.05, 0.1) is 23.4 Å². The maximum absolute atomic E-state index is 13.3. The third-order valence-electron chi connectivity index (χ3n) is 5.21. The molecule has 0 spiro atoms. The number of phenols is 1. The molecule has 0 aliphatic heterocycles. The van der Waals surface area contributed by atoms with Gasteiger partial charge in [-0.25, -0.2) is 0 Å². The van der Waals surface area contributed by atoms with Gasteiger partial charge in [0.15, 0.2) is 0 Å². The summed E-state index contributed by atoms with van der Waals surface area (Å²) in [6.07, 6.45) is -4.06. The summed E-state index contributed by atoms with van der Waals surface area (Å²) in [7, 11) is 0. The highest BCUT2D eigenvalue weighted by Crippen LogP contribution is 2.36. The molecule has 0 saturated heterocycles. The molecule has 0 fully saturated rings. The number of aryl methyl sites for hydroxylation is 3. The van der Waals surface area contributed by atoms with Crippen molar-refractivity contribution in [2.45, 2.75) is 33.4 Å². The highest BCUT2D eigenvalue weighted by atomic mass is 35.5. The van der Waals surface area contributed by atoms with Crippen molar-refractivity contribution in [2.75, 3.05) is 11.9 Å². The van der Waals surface area contributed by atoms with Gasteiger partial charge < -0.3 is 15.2 Å². The minimum absolute atomic E-state index is 0.0836. The van der Waals surface area contributed by atoms with Crippen LogP contribution in [0.25, 0.3) is 0 Å². The van der Waals surface area contributed by atoms with Crippen LogP contribution in [0.15, 0.2) is 48.5 Å². The van der Waals surface area contributed by atoms with E-state index in [0.29, 0.717) is 6.42 Å². The van der Waals surface area contributed by atoms with Crippen molar-refractivity contribution in [2.24, 2.45) is 0 Å². The Balaban J connectivity index is 1.85. The van der Waals surface area contributed by atoms with Crippen molar-refractivity contribution < 1.29 is 27.8 Å². The van der Waals surface area contributed by atoms with Crippen molar-refractivity contribution in [3.05, 3.63) is 86.9 Å². The van der Waals surface area contributed by atoms with Crippen molar-refractivity contribution in [1.29, 1.82) is 0 Å². The summed E-state index contributed by atoms with van der Waals surface area (Å²) in [5.41, 5.74) is 3.18. The maximum atomic E-state index is 13.3. The van der Waals surface area contributed by atoms with Crippen molar-refractivity contribution in [3.63, 3.8) is 0 Å². The lowest BCUT2D eigenvalue weighted by molar-refractivity contribution is -0.137. The number of hydrogen-bond acceptors (Lipinski definition) is 3. The Morgan fingerprint density at radius 2 is 1.70 bits per heavy atom. The highest BCUT2D eigenvalue weighted by Gasteiger charge is 2.31. The first-order valence-electron chi connectivity index (χ1n) is 10.2. The number of nitrogens with one attached hydrogen (secondary N) is 1. The number of alkyl halides is 3. The van der Waals surface area contributed by atoms with E-state index in [9.17, 15) is 23.1 Å². The lowest BCUT2D eigenvalue weighted by Crippen LogP contribution is -2.15. The van der Waals surface area contributed by atoms with Crippen LogP contribution in [0, 0.1) is 20.8 Å². The number of anilines is 1. The van der Waals surface area contributed by atoms with E-state index in [1.54, 1.807) is 0 Å². The molecule has 3 aromatic rings. The van der Waals surface area contributed by atoms with Gasteiger partial charge in [-0.1, -0.05) is 29.3 Å². The van der Waals surface area contributed by atoms with Crippen LogP contribution < -0.4 is 10.1 Å². The van der Waals surface area contributed by atoms with E-state index in [0.717, 1.165) is 34.4 Å². The Morgan fingerprint density at radius 1 is 1.03 bits per heavy atom. The molecule has 0 saturated carbocycles. The van der Waals surface area contributed by atoms with Crippen LogP contribution >= 0.6 is 11.6 Å². The first-order chi connectivity index (χ1) is 15.5. The number of hydrogen-bond donors (Lipinski definition) is 2. The third kappa shape index (κ3) is 5.99. The molecule has 0 atom stereocenters. The zero-order valence-corrected chi connectivity index (χ0v) is 19.1. The molecule has 0 aliphatic carbocycles. The van der Waals surface area contributed by atoms with Crippen molar-refractivity contribution in [1.82, 2.24) is 0 Å². The smallest absolute Gasteiger partial charge is 0.416 e. The molecule has 8 heteroatoms. The minimum Gasteiger partial charge on any atom is -0.507 e. The summed E-state index contributed by atoms with van der Waals surface area (Å²) in [5.74, 6) is -1.08. The highest BCUT2D eigenvalue weighted by molar-refractivity contribution is 6.31. The van der Waals surface area contributed by atoms with E-state index in [1.165, 1.54) is 24.3 Å². The molecule has 2 N–H and O–H groups in total. The predicted molar refractivity (Wildman–Crippen MR) is 122 cm³/mol. The average molecular weight is 478 g/mol. The fraction of sp³-hybridized carbons (Fsp3) is 0.240. The largest absolute Gasteiger partial charge is 0.507 e. The van der Waals surface area contributed by atoms with E-state index in [1.807, 2.05) is 20.8 Å². The Hall–Kier alpha value is -3.19. The van der Waals surface area contributed by atoms with Gasteiger partial charge in [-0.3, -0.25) is 4.79 Å². The predicted octanol–water partition coefficient (Wildman–Crippen LogP) is 6.86. The van der Waals surface area contributed by atoms with Gasteiger partial charge in [-0.2, -0.15) is 13.2 Å². The average Bonchev–Trinajstić information content (AvgIpc) is 2.71. The zero-order valence-electron chi connectivity index (χ0n) is 18.3. The zero-order chi connectivity index (χ0) is 24.3. The topological polar surface area (TPSA) is 58.6 Å². The Labute approximate surface area is 195 Å². The second kappa shape index (κ2) is 9.75. The second-order valence-electron chi connectivity index (χ2n) is 7.80. The van der Waals surface area contributed by atoms with Crippen LogP contribution in [0.3, 0.4) is 0 Å². The number of amides is 1. The molecule has 3 aromatic carbocycles. The molecule has 33 heavy (non-hydrogen) atoms. The summed E-state index contributed by atoms with van der Waals surface area (Å²) in [6, 6.07) is 10.8. The fourth-order valence-electron chi connectivity index (χ4n) is 3.68. The van der Waals surface area contributed by atoms with Gasteiger partial charge in [-0.15, -0.1) is 0 Å². The van der Waals surface area contributed by atoms with Gasteiger partial charge in [0.25, 0.3) is 5.91 Å². The third-order valence-corrected chi connectivity index (χ3v) is 5.44. The van der Waals surface area contributed by atoms with Gasteiger partial charge in [0, 0.05) is 11.4 Å². The monoisotopic (exact) mass is 477 g/mol. The first kappa shape index (κ1) is 24.5. The van der Waals surface area contributed by atoms with Crippen molar-refractivity contribution in [3.8, 4) is 11.5 Å². The molecule has 0 aromatic heterocycles. The van der Waals surface area contributed by atoms with E-state index >= 15 is 0 Å². The van der Waals surface area contributed by atoms with Gasteiger partial charge in [0.2, 0.25) is 0 Å². The van der Waals surface area contributed by atoms with Gasteiger partial charge in [-0.05, 0) is 73.9 Å². The van der Waals surface area contributed by atoms with E-state index in [-0.39, 0.29) is 34.4 Å². The molecule has 0 heterocycles. The Bertz CT molecular complexity index is 1170. The summed E-state index contributed by atoms with van der Waals surface area (Å²) >= 11 is 5.88. The van der Waals surface area contributed by atoms with E-state index in [4.69, 9.17) is 16.3 Å². The molecule has 0 radical (unpaired) electrons. The fourth-order valence-corrected chi connectivity index (χ4v) is 3.85. The number of aromatic hydroxyl groups is 1. The normalized spacial score (nSPS) is 11.4. The molecule has 3 rings (SSSR count). The number of phenolic OH excluding ortho intramolecular Hbond substituents is 1. The minimum atomic E-state index is -4.60. The summed E-state index contributed by atoms with van der Waals surface area (Å²) in [6.45, 7) is 6.20. The molecule has 4 nitrogen and oxygen atoms in total. The lowest BCUT2D eigenvalue weighted by atomic mass is 9.98. The molecule has 174 valence electrons. The van der Waals surface area contributed by atoms with Crippen LogP contribution in [0.5, 0.6) is 11.5 Å². The number of benzene rings is 3. The Kier molecular flexibility index (Phi) is 7.22. The molecular weight excluding hydrogens is 455 g/mol. The lowest BCUT2D eigenvalue weighted by Gasteiger charge is -2.17. The van der Waals surface area contributed by atoms with Crippen molar-refractivity contribution >= 4 is 23.2 Å². The number of ether oxygens (including phenoxy) is 1. The molecule has 0 bridgehead atoms. The second-order valence-corrected chi connectivity index (χ2v) is 8.24. The van der Waals surface area contributed by atoms with Crippen LogP contribution in [0.4, 0.5) is 18.9 Å². The van der Waals surface area contributed by atoms with Crippen LogP contribution in [-0.4, -0.2) is 17.6 Å². The quantitative estimate of drug-likeness (QED) is 0.407. The number of carbonyl (C=O) groups is 1. The molecular formula is C25H23ClF3NO3. The van der Waals surface area contributed by atoms with Gasteiger partial charge >= 0.3 is 6.18 Å². The van der Waals surface area contributed by atoms with Gasteiger partial charge in [0.1, 0.15) is 11.5 Å². The molecule has 1 amide bonds.